The first-order chi connectivity index (χ1) is 10.6. The van der Waals surface area contributed by atoms with E-state index >= 15 is 0 Å². The van der Waals surface area contributed by atoms with Gasteiger partial charge in [-0.3, -0.25) is 9.59 Å². The van der Waals surface area contributed by atoms with Crippen molar-refractivity contribution >= 4 is 23.2 Å². The lowest BCUT2D eigenvalue weighted by Crippen LogP contribution is -2.35. The maximum absolute atomic E-state index is 11.8. The van der Waals surface area contributed by atoms with Gasteiger partial charge < -0.3 is 15.2 Å². The molecule has 2 N–H and O–H groups in total. The van der Waals surface area contributed by atoms with Crippen LogP contribution in [0.3, 0.4) is 0 Å². The average molecular weight is 320 g/mol. The third-order valence-corrected chi connectivity index (χ3v) is 3.93. The van der Waals surface area contributed by atoms with Crippen LogP contribution in [0.5, 0.6) is 0 Å². The van der Waals surface area contributed by atoms with Gasteiger partial charge in [-0.1, -0.05) is 6.07 Å². The molecule has 0 aliphatic rings. The fraction of sp³-hybridized carbons (Fsp3) is 0.400. The van der Waals surface area contributed by atoms with Gasteiger partial charge in [-0.05, 0) is 24.8 Å². The van der Waals surface area contributed by atoms with Crippen LogP contribution in [0.15, 0.2) is 36.2 Å². The molecule has 2 aromatic heterocycles. The smallest absolute Gasteiger partial charge is 0.261 e. The molecule has 0 saturated carbocycles. The van der Waals surface area contributed by atoms with Gasteiger partial charge in [0.15, 0.2) is 0 Å². The molecule has 1 atom stereocenters. The minimum Gasteiger partial charge on any atom is -0.352 e. The molecule has 0 bridgehead atoms. The molecule has 0 aliphatic carbocycles. The van der Waals surface area contributed by atoms with Gasteiger partial charge in [0.2, 0.25) is 5.91 Å². The molecule has 2 aromatic rings. The van der Waals surface area contributed by atoms with Crippen molar-refractivity contribution in [2.75, 3.05) is 6.54 Å². The fourth-order valence-electron chi connectivity index (χ4n) is 2.05. The third-order valence-electron chi connectivity index (χ3n) is 3.06. The number of hydrogen-bond donors (Lipinski definition) is 2. The van der Waals surface area contributed by atoms with E-state index in [-0.39, 0.29) is 17.9 Å². The summed E-state index contributed by atoms with van der Waals surface area (Å²) >= 11 is 1.41. The van der Waals surface area contributed by atoms with Crippen molar-refractivity contribution in [2.24, 2.45) is 0 Å². The van der Waals surface area contributed by atoms with E-state index in [0.717, 1.165) is 0 Å². The number of carbonyl (C=O) groups is 2. The summed E-state index contributed by atoms with van der Waals surface area (Å²) < 4.78 is 1.92. The predicted octanol–water partition coefficient (Wildman–Crippen LogP) is 1.66. The maximum Gasteiger partial charge on any atom is 0.261 e. The molecule has 2 heterocycles. The summed E-state index contributed by atoms with van der Waals surface area (Å²) in [5.41, 5.74) is 0. The minimum atomic E-state index is -0.0797. The molecule has 0 aliphatic heterocycles. The van der Waals surface area contributed by atoms with Crippen LogP contribution >= 0.6 is 11.3 Å². The first-order valence-electron chi connectivity index (χ1n) is 7.22. The fourth-order valence-corrected chi connectivity index (χ4v) is 2.69. The Morgan fingerprint density at radius 1 is 1.45 bits per heavy atom. The van der Waals surface area contributed by atoms with Gasteiger partial charge in [-0.2, -0.15) is 0 Å². The molecule has 2 rings (SSSR count). The molecule has 6 nitrogen and oxygen atoms in total. The highest BCUT2D eigenvalue weighted by Crippen LogP contribution is 2.07. The van der Waals surface area contributed by atoms with Crippen molar-refractivity contribution < 1.29 is 9.59 Å². The van der Waals surface area contributed by atoms with Crippen LogP contribution in [0.25, 0.3) is 0 Å². The van der Waals surface area contributed by atoms with Gasteiger partial charge in [0.25, 0.3) is 5.91 Å². The number of rotatable bonds is 8. The van der Waals surface area contributed by atoms with Crippen LogP contribution in [-0.4, -0.2) is 34.0 Å². The number of amides is 2. The second kappa shape index (κ2) is 8.33. The molecule has 0 fully saturated rings. The van der Waals surface area contributed by atoms with E-state index in [1.54, 1.807) is 18.6 Å². The summed E-state index contributed by atoms with van der Waals surface area (Å²) in [5.74, 6) is -0.0816. The number of imidazole rings is 1. The van der Waals surface area contributed by atoms with Crippen molar-refractivity contribution in [1.82, 2.24) is 20.2 Å². The molecule has 118 valence electrons. The van der Waals surface area contributed by atoms with Crippen molar-refractivity contribution in [3.63, 3.8) is 0 Å². The minimum absolute atomic E-state index is 0.00186. The van der Waals surface area contributed by atoms with Crippen LogP contribution in [0, 0.1) is 0 Å². The molecule has 22 heavy (non-hydrogen) atoms. The summed E-state index contributed by atoms with van der Waals surface area (Å²) in [5, 5.41) is 7.61. The zero-order valence-corrected chi connectivity index (χ0v) is 13.3. The van der Waals surface area contributed by atoms with Gasteiger partial charge in [-0.15, -0.1) is 11.3 Å². The highest BCUT2D eigenvalue weighted by molar-refractivity contribution is 7.12. The normalized spacial score (nSPS) is 11.9. The lowest BCUT2D eigenvalue weighted by atomic mass is 10.2. The lowest BCUT2D eigenvalue weighted by Gasteiger charge is -2.14. The Kier molecular flexibility index (Phi) is 6.14. The molecule has 0 saturated heterocycles. The van der Waals surface area contributed by atoms with Crippen molar-refractivity contribution in [3.05, 3.63) is 41.1 Å². The molecule has 0 radical (unpaired) electrons. The van der Waals surface area contributed by atoms with Crippen LogP contribution in [0.2, 0.25) is 0 Å². The van der Waals surface area contributed by atoms with E-state index in [9.17, 15) is 9.59 Å². The lowest BCUT2D eigenvalue weighted by molar-refractivity contribution is -0.121. The first kappa shape index (κ1) is 16.2. The Bertz CT molecular complexity index is 581. The van der Waals surface area contributed by atoms with E-state index < -0.39 is 0 Å². The SMILES string of the molecule is CC(Cn1ccnc1)NC(=O)CCCNC(=O)c1cccs1. The van der Waals surface area contributed by atoms with E-state index in [1.807, 2.05) is 29.1 Å². The predicted molar refractivity (Wildman–Crippen MR) is 85.7 cm³/mol. The van der Waals surface area contributed by atoms with Crippen LogP contribution in [0.1, 0.15) is 29.4 Å². The third kappa shape index (κ3) is 5.33. The number of hydrogen-bond acceptors (Lipinski definition) is 4. The zero-order chi connectivity index (χ0) is 15.8. The van der Waals surface area contributed by atoms with Gasteiger partial charge in [-0.25, -0.2) is 4.98 Å². The highest BCUT2D eigenvalue weighted by Gasteiger charge is 2.09. The Labute approximate surface area is 133 Å². The number of aromatic nitrogens is 2. The Morgan fingerprint density at radius 2 is 2.32 bits per heavy atom. The van der Waals surface area contributed by atoms with Gasteiger partial charge in [0.1, 0.15) is 0 Å². The summed E-state index contributed by atoms with van der Waals surface area (Å²) in [7, 11) is 0. The number of carbonyl (C=O) groups excluding carboxylic acids is 2. The molecular formula is C15H20N4O2S. The average Bonchev–Trinajstić information content (AvgIpc) is 3.15. The summed E-state index contributed by atoms with van der Waals surface area (Å²) in [6, 6.07) is 3.67. The topological polar surface area (TPSA) is 76.0 Å². The number of nitrogens with one attached hydrogen (secondary N) is 2. The second-order valence-corrected chi connectivity index (χ2v) is 6.01. The zero-order valence-electron chi connectivity index (χ0n) is 12.5. The molecule has 1 unspecified atom stereocenters. The number of nitrogens with zero attached hydrogens (tertiary/aromatic N) is 2. The standard InChI is InChI=1S/C15H20N4O2S/c1-12(10-19-8-7-16-11-19)18-14(20)5-2-6-17-15(21)13-4-3-9-22-13/h3-4,7-9,11-12H,2,5-6,10H2,1H3,(H,17,21)(H,18,20). The summed E-state index contributed by atoms with van der Waals surface area (Å²) in [6.07, 6.45) is 6.33. The van der Waals surface area contributed by atoms with E-state index in [0.29, 0.717) is 30.8 Å². The van der Waals surface area contributed by atoms with Gasteiger partial charge >= 0.3 is 0 Å². The Hall–Kier alpha value is -2.15. The molecule has 2 amide bonds. The van der Waals surface area contributed by atoms with Crippen molar-refractivity contribution in [3.8, 4) is 0 Å². The molecule has 0 aromatic carbocycles. The first-order valence-corrected chi connectivity index (χ1v) is 8.10. The van der Waals surface area contributed by atoms with E-state index in [1.165, 1.54) is 11.3 Å². The molecular weight excluding hydrogens is 300 g/mol. The maximum atomic E-state index is 11.8. The highest BCUT2D eigenvalue weighted by atomic mass is 32.1. The van der Waals surface area contributed by atoms with E-state index in [2.05, 4.69) is 15.6 Å². The van der Waals surface area contributed by atoms with Gasteiger partial charge in [0.05, 0.1) is 11.2 Å². The number of thiophene rings is 1. The van der Waals surface area contributed by atoms with Crippen LogP contribution < -0.4 is 10.6 Å². The Balaban J connectivity index is 1.58. The molecule has 7 heteroatoms. The van der Waals surface area contributed by atoms with Crippen LogP contribution in [0.4, 0.5) is 0 Å². The van der Waals surface area contributed by atoms with Crippen molar-refractivity contribution in [2.45, 2.75) is 32.4 Å². The van der Waals surface area contributed by atoms with Crippen LogP contribution in [-0.2, 0) is 11.3 Å². The van der Waals surface area contributed by atoms with E-state index in [4.69, 9.17) is 0 Å². The summed E-state index contributed by atoms with van der Waals surface area (Å²) in [6.45, 7) is 3.15. The van der Waals surface area contributed by atoms with Crippen molar-refractivity contribution in [1.29, 1.82) is 0 Å². The summed E-state index contributed by atoms with van der Waals surface area (Å²) in [4.78, 5) is 28.2. The Morgan fingerprint density at radius 3 is 3.00 bits per heavy atom. The largest absolute Gasteiger partial charge is 0.352 e. The van der Waals surface area contributed by atoms with Gasteiger partial charge in [0, 0.05) is 37.9 Å². The second-order valence-electron chi connectivity index (χ2n) is 5.06. The molecule has 0 spiro atoms. The monoisotopic (exact) mass is 320 g/mol. The quantitative estimate of drug-likeness (QED) is 0.726.